The summed E-state index contributed by atoms with van der Waals surface area (Å²) >= 11 is 5.98. The standard InChI is InChI=1S/C26H24ClN4O/c1-18(19-7-9-21(27)10-8-19)26(32)31-15-13-30(14-16-31)24-22-11-12-28-25(22)29-17-23(24)20-5-3-2-4-6-20/h2-12,17-18H,1,13-16H2,(H,28,29)/t18-/m0/s1. The van der Waals surface area contributed by atoms with Crippen molar-refractivity contribution in [3.63, 3.8) is 0 Å². The van der Waals surface area contributed by atoms with Crippen LogP contribution in [0.5, 0.6) is 0 Å². The Morgan fingerprint density at radius 2 is 1.72 bits per heavy atom. The fourth-order valence-electron chi connectivity index (χ4n) is 4.37. The number of benzene rings is 2. The van der Waals surface area contributed by atoms with Gasteiger partial charge in [0.25, 0.3) is 0 Å². The van der Waals surface area contributed by atoms with Gasteiger partial charge in [-0.05, 0) is 36.2 Å². The first-order valence-corrected chi connectivity index (χ1v) is 11.1. The van der Waals surface area contributed by atoms with Gasteiger partial charge >= 0.3 is 0 Å². The average molecular weight is 444 g/mol. The molecule has 1 amide bonds. The molecular formula is C26H24ClN4O. The Morgan fingerprint density at radius 1 is 1.00 bits per heavy atom. The molecule has 6 heteroatoms. The zero-order valence-electron chi connectivity index (χ0n) is 17.7. The zero-order valence-corrected chi connectivity index (χ0v) is 18.4. The van der Waals surface area contributed by atoms with Crippen LogP contribution in [0.3, 0.4) is 0 Å². The van der Waals surface area contributed by atoms with E-state index in [0.29, 0.717) is 18.1 Å². The fraction of sp³-hybridized carbons (Fsp3) is 0.192. The Kier molecular flexibility index (Phi) is 5.58. The van der Waals surface area contributed by atoms with Crippen LogP contribution in [0.15, 0.2) is 73.1 Å². The van der Waals surface area contributed by atoms with E-state index in [1.165, 1.54) is 5.69 Å². The zero-order chi connectivity index (χ0) is 22.1. The fourth-order valence-corrected chi connectivity index (χ4v) is 4.50. The third-order valence-electron chi connectivity index (χ3n) is 6.12. The molecule has 4 aromatic rings. The molecule has 0 saturated carbocycles. The van der Waals surface area contributed by atoms with Gasteiger partial charge in [-0.3, -0.25) is 4.79 Å². The molecular weight excluding hydrogens is 420 g/mol. The Bertz CT molecular complexity index is 1230. The van der Waals surface area contributed by atoms with Crippen molar-refractivity contribution in [2.75, 3.05) is 31.1 Å². The van der Waals surface area contributed by atoms with E-state index in [-0.39, 0.29) is 5.91 Å². The van der Waals surface area contributed by atoms with Gasteiger partial charge in [0.1, 0.15) is 5.65 Å². The van der Waals surface area contributed by atoms with Crippen LogP contribution in [0.1, 0.15) is 11.5 Å². The lowest BCUT2D eigenvalue weighted by Crippen LogP contribution is -2.50. The predicted molar refractivity (Wildman–Crippen MR) is 130 cm³/mol. The molecule has 1 N–H and O–H groups in total. The summed E-state index contributed by atoms with van der Waals surface area (Å²) in [7, 11) is 0. The van der Waals surface area contributed by atoms with Gasteiger partial charge in [-0.2, -0.15) is 0 Å². The highest BCUT2D eigenvalue weighted by molar-refractivity contribution is 6.30. The highest BCUT2D eigenvalue weighted by atomic mass is 35.5. The molecule has 0 bridgehead atoms. The predicted octanol–water partition coefficient (Wildman–Crippen LogP) is 5.15. The highest BCUT2D eigenvalue weighted by Gasteiger charge is 2.28. The first-order valence-electron chi connectivity index (χ1n) is 10.8. The highest BCUT2D eigenvalue weighted by Crippen LogP contribution is 2.36. The van der Waals surface area contributed by atoms with Crippen LogP contribution in [0.2, 0.25) is 5.02 Å². The van der Waals surface area contributed by atoms with Gasteiger partial charge in [0.05, 0.1) is 11.6 Å². The number of amides is 1. The summed E-state index contributed by atoms with van der Waals surface area (Å²) in [5, 5.41) is 1.76. The number of fused-ring (bicyclic) bond motifs is 1. The molecule has 1 fully saturated rings. The van der Waals surface area contributed by atoms with Crippen molar-refractivity contribution in [3.8, 4) is 11.1 Å². The largest absolute Gasteiger partial charge is 0.367 e. The van der Waals surface area contributed by atoms with Crippen molar-refractivity contribution < 1.29 is 4.79 Å². The van der Waals surface area contributed by atoms with Crippen molar-refractivity contribution in [2.24, 2.45) is 0 Å². The molecule has 1 aliphatic heterocycles. The maximum atomic E-state index is 13.1. The number of carbonyl (C=O) groups is 1. The monoisotopic (exact) mass is 443 g/mol. The topological polar surface area (TPSA) is 52.2 Å². The molecule has 0 aliphatic carbocycles. The van der Waals surface area contributed by atoms with Crippen LogP contribution in [-0.4, -0.2) is 47.0 Å². The molecule has 0 spiro atoms. The van der Waals surface area contributed by atoms with E-state index in [4.69, 9.17) is 11.6 Å². The van der Waals surface area contributed by atoms with E-state index in [2.05, 4.69) is 40.0 Å². The van der Waals surface area contributed by atoms with E-state index < -0.39 is 5.92 Å². The smallest absolute Gasteiger partial charge is 0.230 e. The van der Waals surface area contributed by atoms with E-state index in [1.807, 2.05) is 47.6 Å². The molecule has 2 aromatic carbocycles. The van der Waals surface area contributed by atoms with Gasteiger partial charge in [-0.25, -0.2) is 4.98 Å². The van der Waals surface area contributed by atoms with Crippen molar-refractivity contribution in [1.29, 1.82) is 0 Å². The van der Waals surface area contributed by atoms with E-state index in [1.54, 1.807) is 12.1 Å². The molecule has 3 heterocycles. The van der Waals surface area contributed by atoms with Crippen LogP contribution < -0.4 is 4.90 Å². The quantitative estimate of drug-likeness (QED) is 0.474. The molecule has 32 heavy (non-hydrogen) atoms. The van der Waals surface area contributed by atoms with Crippen molar-refractivity contribution in [1.82, 2.24) is 14.9 Å². The summed E-state index contributed by atoms with van der Waals surface area (Å²) in [6.45, 7) is 6.93. The molecule has 1 atom stereocenters. The summed E-state index contributed by atoms with van der Waals surface area (Å²) in [5.41, 5.74) is 5.17. The number of anilines is 1. The number of aromatic nitrogens is 2. The van der Waals surface area contributed by atoms with Crippen molar-refractivity contribution in [2.45, 2.75) is 5.92 Å². The van der Waals surface area contributed by atoms with Gasteiger partial charge in [0.2, 0.25) is 5.91 Å². The van der Waals surface area contributed by atoms with Gasteiger partial charge in [-0.15, -0.1) is 0 Å². The number of nitrogens with zero attached hydrogens (tertiary/aromatic N) is 3. The molecule has 5 nitrogen and oxygen atoms in total. The minimum atomic E-state index is -0.434. The Hall–Kier alpha value is -3.31. The maximum absolute atomic E-state index is 13.1. The summed E-state index contributed by atoms with van der Waals surface area (Å²) < 4.78 is 0. The van der Waals surface area contributed by atoms with Crippen LogP contribution >= 0.6 is 11.6 Å². The number of piperazine rings is 1. The third kappa shape index (κ3) is 3.84. The number of rotatable bonds is 4. The number of H-pyrrole nitrogens is 1. The number of nitrogens with one attached hydrogen (secondary N) is 1. The number of carbonyl (C=O) groups excluding carboxylic acids is 1. The van der Waals surface area contributed by atoms with Crippen LogP contribution in [-0.2, 0) is 4.79 Å². The van der Waals surface area contributed by atoms with Gasteiger partial charge in [0, 0.05) is 54.5 Å². The number of pyridine rings is 1. The van der Waals surface area contributed by atoms with E-state index in [0.717, 1.165) is 40.8 Å². The lowest BCUT2D eigenvalue weighted by atomic mass is 9.99. The lowest BCUT2D eigenvalue weighted by molar-refractivity contribution is -0.132. The summed E-state index contributed by atoms with van der Waals surface area (Å²) in [6, 6.07) is 19.8. The molecule has 2 aromatic heterocycles. The van der Waals surface area contributed by atoms with Gasteiger partial charge < -0.3 is 14.8 Å². The molecule has 1 aliphatic rings. The SMILES string of the molecule is [CH2][C@H](C(=O)N1CCN(c2c(-c3ccccc3)cnc3[nH]ccc23)CC1)c1ccc(Cl)cc1. The van der Waals surface area contributed by atoms with Crippen molar-refractivity contribution >= 4 is 34.2 Å². The lowest BCUT2D eigenvalue weighted by Gasteiger charge is -2.38. The normalized spacial score (nSPS) is 15.2. The Labute approximate surface area is 192 Å². The first-order chi connectivity index (χ1) is 15.6. The minimum Gasteiger partial charge on any atom is -0.367 e. The van der Waals surface area contributed by atoms with Crippen LogP contribution in [0, 0.1) is 6.92 Å². The molecule has 5 rings (SSSR count). The van der Waals surface area contributed by atoms with Crippen LogP contribution in [0.4, 0.5) is 5.69 Å². The molecule has 1 radical (unpaired) electrons. The van der Waals surface area contributed by atoms with Crippen molar-refractivity contribution in [3.05, 3.63) is 90.6 Å². The minimum absolute atomic E-state index is 0.0526. The van der Waals surface area contributed by atoms with Gasteiger partial charge in [-0.1, -0.05) is 54.1 Å². The molecule has 161 valence electrons. The number of halogens is 1. The molecule has 1 saturated heterocycles. The summed E-state index contributed by atoms with van der Waals surface area (Å²) in [5.74, 6) is -0.382. The number of hydrogen-bond donors (Lipinski definition) is 1. The second kappa shape index (κ2) is 8.67. The second-order valence-electron chi connectivity index (χ2n) is 8.04. The Morgan fingerprint density at radius 3 is 2.44 bits per heavy atom. The van der Waals surface area contributed by atoms with Crippen LogP contribution in [0.25, 0.3) is 22.2 Å². The second-order valence-corrected chi connectivity index (χ2v) is 8.48. The van der Waals surface area contributed by atoms with E-state index in [9.17, 15) is 4.79 Å². The maximum Gasteiger partial charge on any atom is 0.230 e. The molecule has 0 unspecified atom stereocenters. The summed E-state index contributed by atoms with van der Waals surface area (Å²) in [6.07, 6.45) is 3.86. The third-order valence-corrected chi connectivity index (χ3v) is 6.37. The Balaban J connectivity index is 1.38. The van der Waals surface area contributed by atoms with Gasteiger partial charge in [0.15, 0.2) is 0 Å². The van der Waals surface area contributed by atoms with E-state index >= 15 is 0 Å². The summed E-state index contributed by atoms with van der Waals surface area (Å²) in [4.78, 5) is 25.2. The number of hydrogen-bond acceptors (Lipinski definition) is 3. The first kappa shape index (κ1) is 20.6. The average Bonchev–Trinajstić information content (AvgIpc) is 3.33. The number of aromatic amines is 1.